The van der Waals surface area contributed by atoms with Crippen LogP contribution in [0.2, 0.25) is 0 Å². The minimum Gasteiger partial charge on any atom is -0.469 e. The number of carbonyl (C=O) groups is 2. The summed E-state index contributed by atoms with van der Waals surface area (Å²) < 4.78 is 7.23. The van der Waals surface area contributed by atoms with Gasteiger partial charge in [-0.25, -0.2) is 0 Å². The summed E-state index contributed by atoms with van der Waals surface area (Å²) in [7, 11) is 1.48. The Labute approximate surface area is 188 Å². The van der Waals surface area contributed by atoms with Gasteiger partial charge in [0.2, 0.25) is 0 Å². The zero-order valence-corrected chi connectivity index (χ0v) is 18.8. The first-order valence-corrected chi connectivity index (χ1v) is 11.6. The number of hydrogen-bond donors (Lipinski definition) is 0. The van der Waals surface area contributed by atoms with Crippen LogP contribution in [0.1, 0.15) is 60.0 Å². The van der Waals surface area contributed by atoms with Crippen LogP contribution in [0.4, 0.5) is 0 Å². The molecule has 0 aliphatic heterocycles. The normalized spacial score (nSPS) is 26.8. The van der Waals surface area contributed by atoms with Gasteiger partial charge < -0.3 is 9.30 Å². The predicted octanol–water partition coefficient (Wildman–Crippen LogP) is 5.69. The average Bonchev–Trinajstić information content (AvgIpc) is 3.38. The van der Waals surface area contributed by atoms with Gasteiger partial charge in [0.05, 0.1) is 18.0 Å². The molecule has 4 saturated carbocycles. The number of para-hydroxylation sites is 1. The zero-order chi connectivity index (χ0) is 22.1. The second kappa shape index (κ2) is 6.57. The molecule has 32 heavy (non-hydrogen) atoms. The minimum absolute atomic E-state index is 0.0554. The maximum absolute atomic E-state index is 13.6. The molecule has 4 fully saturated rings. The summed E-state index contributed by atoms with van der Waals surface area (Å²) in [6, 6.07) is 16.8. The summed E-state index contributed by atoms with van der Waals surface area (Å²) in [5, 5.41) is 1.11. The number of hydrogen-bond acceptors (Lipinski definition) is 3. The summed E-state index contributed by atoms with van der Waals surface area (Å²) in [5.41, 5.74) is 4.40. The predicted molar refractivity (Wildman–Crippen MR) is 124 cm³/mol. The Bertz CT molecular complexity index is 1230. The Balaban J connectivity index is 1.26. The fourth-order valence-electron chi connectivity index (χ4n) is 6.74. The van der Waals surface area contributed by atoms with Gasteiger partial charge in [0.25, 0.3) is 0 Å². The highest BCUT2D eigenvalue weighted by molar-refractivity contribution is 6.07. The lowest BCUT2D eigenvalue weighted by atomic mass is 9.30. The molecule has 7 rings (SSSR count). The van der Waals surface area contributed by atoms with Crippen LogP contribution in [0.5, 0.6) is 0 Å². The highest BCUT2D eigenvalue weighted by Gasteiger charge is 2.80. The van der Waals surface area contributed by atoms with Crippen LogP contribution < -0.4 is 0 Å². The van der Waals surface area contributed by atoms with E-state index in [1.807, 2.05) is 12.1 Å². The smallest absolute Gasteiger partial charge is 0.311 e. The number of aryl methyl sites for hydroxylation is 1. The summed E-state index contributed by atoms with van der Waals surface area (Å²) in [4.78, 5) is 25.7. The monoisotopic (exact) mass is 427 g/mol. The van der Waals surface area contributed by atoms with E-state index in [4.69, 9.17) is 4.74 Å². The molecular formula is C28H29NO3. The molecular weight excluding hydrogens is 398 g/mol. The molecule has 0 atom stereocenters. The lowest BCUT2D eigenvalue weighted by molar-refractivity contribution is -0.251. The van der Waals surface area contributed by atoms with Gasteiger partial charge in [0, 0.05) is 30.1 Å². The van der Waals surface area contributed by atoms with E-state index in [0.717, 1.165) is 55.1 Å². The largest absolute Gasteiger partial charge is 0.469 e. The first-order chi connectivity index (χ1) is 15.4. The Kier molecular flexibility index (Phi) is 4.06. The van der Waals surface area contributed by atoms with Gasteiger partial charge in [-0.15, -0.1) is 0 Å². The number of benzene rings is 2. The maximum atomic E-state index is 13.6. The fraction of sp³-hybridized carbons (Fsp3) is 0.429. The number of rotatable bonds is 7. The number of ketones is 1. The number of aromatic nitrogens is 1. The second-order valence-corrected chi connectivity index (χ2v) is 10.6. The van der Waals surface area contributed by atoms with Crippen molar-refractivity contribution in [2.45, 2.75) is 52.0 Å². The van der Waals surface area contributed by atoms with Crippen LogP contribution in [0.15, 0.2) is 54.7 Å². The number of carbonyl (C=O) groups excluding carboxylic acids is 2. The Hall–Kier alpha value is -2.88. The van der Waals surface area contributed by atoms with Crippen molar-refractivity contribution >= 4 is 22.7 Å². The molecule has 3 aromatic rings. The molecule has 0 unspecified atom stereocenters. The summed E-state index contributed by atoms with van der Waals surface area (Å²) >= 11 is 0. The van der Waals surface area contributed by atoms with E-state index in [1.54, 1.807) is 0 Å². The maximum Gasteiger partial charge on any atom is 0.311 e. The van der Waals surface area contributed by atoms with Crippen LogP contribution in [-0.4, -0.2) is 23.4 Å². The van der Waals surface area contributed by atoms with E-state index in [9.17, 15) is 9.59 Å². The third-order valence-electron chi connectivity index (χ3n) is 8.69. The summed E-state index contributed by atoms with van der Waals surface area (Å²) in [6.07, 6.45) is 7.64. The van der Waals surface area contributed by atoms with Crippen LogP contribution in [0.25, 0.3) is 10.9 Å². The number of ether oxygens (including phenoxy) is 1. The molecule has 4 aliphatic carbocycles. The topological polar surface area (TPSA) is 48.3 Å². The van der Waals surface area contributed by atoms with Crippen LogP contribution in [0, 0.1) is 23.2 Å². The Morgan fingerprint density at radius 1 is 1.00 bits per heavy atom. The molecule has 0 spiro atoms. The number of esters is 1. The molecule has 0 saturated heterocycles. The Morgan fingerprint density at radius 3 is 2.38 bits per heavy atom. The number of nitrogens with zero attached hydrogens (tertiary/aromatic N) is 1. The molecule has 0 amide bonds. The van der Waals surface area contributed by atoms with E-state index >= 15 is 0 Å². The SMILES string of the molecule is COC(=O)C12CC(C3(CC(=O)c4cccc5ccn(Cc6ccc(C)cc6)c45)CC3)(C1)C2. The van der Waals surface area contributed by atoms with Gasteiger partial charge >= 0.3 is 5.97 Å². The van der Waals surface area contributed by atoms with Crippen LogP contribution >= 0.6 is 0 Å². The van der Waals surface area contributed by atoms with Gasteiger partial charge in [0.15, 0.2) is 5.78 Å². The molecule has 4 aliphatic rings. The molecule has 4 nitrogen and oxygen atoms in total. The van der Waals surface area contributed by atoms with Crippen molar-refractivity contribution in [2.75, 3.05) is 7.11 Å². The molecule has 0 N–H and O–H groups in total. The molecule has 1 heterocycles. The zero-order valence-electron chi connectivity index (χ0n) is 18.8. The molecule has 2 bridgehead atoms. The van der Waals surface area contributed by atoms with E-state index in [-0.39, 0.29) is 28.0 Å². The lowest BCUT2D eigenvalue weighted by Gasteiger charge is -2.72. The highest BCUT2D eigenvalue weighted by Crippen LogP contribution is 2.85. The minimum atomic E-state index is -0.240. The number of Topliss-reactive ketones (excluding diaryl/α,β-unsaturated/α-hetero) is 1. The van der Waals surface area contributed by atoms with Gasteiger partial charge in [-0.05, 0) is 67.6 Å². The number of methoxy groups -OCH3 is 1. The average molecular weight is 428 g/mol. The third-order valence-corrected chi connectivity index (χ3v) is 8.69. The van der Waals surface area contributed by atoms with E-state index in [0.29, 0.717) is 6.42 Å². The fourth-order valence-corrected chi connectivity index (χ4v) is 6.74. The van der Waals surface area contributed by atoms with Crippen LogP contribution in [0.3, 0.4) is 0 Å². The van der Waals surface area contributed by atoms with E-state index < -0.39 is 0 Å². The second-order valence-electron chi connectivity index (χ2n) is 10.6. The van der Waals surface area contributed by atoms with Crippen LogP contribution in [-0.2, 0) is 16.1 Å². The first-order valence-electron chi connectivity index (χ1n) is 11.6. The number of fused-ring (bicyclic) bond motifs is 1. The third kappa shape index (κ3) is 2.68. The molecule has 4 heteroatoms. The molecule has 1 aromatic heterocycles. The van der Waals surface area contributed by atoms with Crippen molar-refractivity contribution in [3.63, 3.8) is 0 Å². The molecule has 164 valence electrons. The van der Waals surface area contributed by atoms with Crippen molar-refractivity contribution in [3.05, 3.63) is 71.4 Å². The van der Waals surface area contributed by atoms with Crippen molar-refractivity contribution in [2.24, 2.45) is 16.2 Å². The molecule has 2 aromatic carbocycles. The first kappa shape index (κ1) is 19.8. The van der Waals surface area contributed by atoms with Crippen molar-refractivity contribution in [1.29, 1.82) is 0 Å². The molecule has 0 radical (unpaired) electrons. The quantitative estimate of drug-likeness (QED) is 0.359. The van der Waals surface area contributed by atoms with Gasteiger partial charge in [0.1, 0.15) is 0 Å². The summed E-state index contributed by atoms with van der Waals surface area (Å²) in [5.74, 6) is 0.189. The van der Waals surface area contributed by atoms with E-state index in [1.165, 1.54) is 18.2 Å². The summed E-state index contributed by atoms with van der Waals surface area (Å²) in [6.45, 7) is 2.85. The highest BCUT2D eigenvalue weighted by atomic mass is 16.5. The lowest BCUT2D eigenvalue weighted by Crippen LogP contribution is -2.69. The van der Waals surface area contributed by atoms with Crippen molar-refractivity contribution in [1.82, 2.24) is 4.57 Å². The van der Waals surface area contributed by atoms with Gasteiger partial charge in [-0.1, -0.05) is 42.0 Å². The van der Waals surface area contributed by atoms with E-state index in [2.05, 4.69) is 54.1 Å². The van der Waals surface area contributed by atoms with Gasteiger partial charge in [-0.3, -0.25) is 9.59 Å². The van der Waals surface area contributed by atoms with Gasteiger partial charge in [-0.2, -0.15) is 0 Å². The van der Waals surface area contributed by atoms with Crippen molar-refractivity contribution in [3.8, 4) is 0 Å². The van der Waals surface area contributed by atoms with Crippen molar-refractivity contribution < 1.29 is 14.3 Å². The standard InChI is InChI=1S/C28H29NO3/c1-19-6-8-20(9-7-19)15-29-13-10-21-4-3-5-22(24(21)29)23(30)14-27(11-12-27)28-16-26(17-28,18-28)25(31)32-2/h3-10,13H,11-12,14-18H2,1-2H3. The Morgan fingerprint density at radius 2 is 1.72 bits per heavy atom.